The van der Waals surface area contributed by atoms with Crippen molar-refractivity contribution >= 4 is 0 Å². The molecule has 0 radical (unpaired) electrons. The zero-order valence-electron chi connectivity index (χ0n) is 7.79. The van der Waals surface area contributed by atoms with Gasteiger partial charge in [-0.1, -0.05) is 0 Å². The molecule has 0 aromatic carbocycles. The maximum atomic E-state index is 5.23. The number of ether oxygens (including phenoxy) is 1. The predicted octanol–water partition coefficient (Wildman–Crippen LogP) is 1.06. The molecule has 0 bridgehead atoms. The van der Waals surface area contributed by atoms with Crippen LogP contribution in [0.1, 0.15) is 6.92 Å². The number of hydrogen-bond donors (Lipinski definition) is 0. The summed E-state index contributed by atoms with van der Waals surface area (Å²) in [6.45, 7) is 2.49. The van der Waals surface area contributed by atoms with Crippen LogP contribution in [0.2, 0.25) is 0 Å². The third-order valence-corrected chi connectivity index (χ3v) is 1.63. The zero-order valence-corrected chi connectivity index (χ0v) is 7.79. The highest BCUT2D eigenvalue weighted by molar-refractivity contribution is 5.20. The van der Waals surface area contributed by atoms with E-state index in [1.54, 1.807) is 29.5 Å². The molecule has 14 heavy (non-hydrogen) atoms. The van der Waals surface area contributed by atoms with E-state index in [2.05, 4.69) is 15.1 Å². The van der Waals surface area contributed by atoms with E-state index in [-0.39, 0.29) is 0 Å². The van der Waals surface area contributed by atoms with Crippen molar-refractivity contribution in [3.8, 4) is 11.7 Å². The Morgan fingerprint density at radius 3 is 3.07 bits per heavy atom. The van der Waals surface area contributed by atoms with Crippen LogP contribution in [0.15, 0.2) is 30.9 Å². The molecule has 0 aliphatic carbocycles. The highest BCUT2D eigenvalue weighted by atomic mass is 16.5. The summed E-state index contributed by atoms with van der Waals surface area (Å²) >= 11 is 0. The zero-order chi connectivity index (χ0) is 9.80. The van der Waals surface area contributed by atoms with Crippen LogP contribution in [0.5, 0.6) is 5.88 Å². The number of nitrogens with zero attached hydrogens (tertiary/aromatic N) is 4. The Balaban J connectivity index is 2.31. The highest BCUT2D eigenvalue weighted by Crippen LogP contribution is 2.07. The summed E-state index contributed by atoms with van der Waals surface area (Å²) in [7, 11) is 0. The summed E-state index contributed by atoms with van der Waals surface area (Å²) < 4.78 is 6.86. The van der Waals surface area contributed by atoms with Crippen LogP contribution < -0.4 is 4.74 Å². The van der Waals surface area contributed by atoms with Crippen LogP contribution in [0.4, 0.5) is 0 Å². The molecular weight excluding hydrogens is 180 g/mol. The molecule has 5 heteroatoms. The van der Waals surface area contributed by atoms with E-state index in [4.69, 9.17) is 4.74 Å². The first kappa shape index (κ1) is 8.68. The number of aromatic nitrogens is 4. The SMILES string of the molecule is CCOc1cncc(-n2cccn2)n1. The summed E-state index contributed by atoms with van der Waals surface area (Å²) in [5.41, 5.74) is 0. The Bertz CT molecular complexity index is 399. The van der Waals surface area contributed by atoms with E-state index in [9.17, 15) is 0 Å². The summed E-state index contributed by atoms with van der Waals surface area (Å²) in [4.78, 5) is 8.23. The van der Waals surface area contributed by atoms with Crippen LogP contribution in [0.3, 0.4) is 0 Å². The Hall–Kier alpha value is -1.91. The average molecular weight is 190 g/mol. The topological polar surface area (TPSA) is 52.8 Å². The van der Waals surface area contributed by atoms with Gasteiger partial charge in [0.1, 0.15) is 0 Å². The van der Waals surface area contributed by atoms with E-state index in [1.165, 1.54) is 0 Å². The Labute approximate surface area is 81.4 Å². The minimum atomic E-state index is 0.514. The molecule has 0 saturated carbocycles. The van der Waals surface area contributed by atoms with Crippen LogP contribution in [0, 0.1) is 0 Å². The normalized spacial score (nSPS) is 10.1. The minimum Gasteiger partial charge on any atom is -0.477 e. The van der Waals surface area contributed by atoms with Gasteiger partial charge in [0.15, 0.2) is 5.82 Å². The van der Waals surface area contributed by atoms with Gasteiger partial charge in [0.2, 0.25) is 5.88 Å². The molecule has 0 saturated heterocycles. The molecule has 0 aliphatic rings. The van der Waals surface area contributed by atoms with Crippen LogP contribution in [-0.2, 0) is 0 Å². The molecule has 0 unspecified atom stereocenters. The second-order valence-electron chi connectivity index (χ2n) is 2.60. The standard InChI is InChI=1S/C9H10N4O/c1-2-14-9-7-10-6-8(12-9)13-5-3-4-11-13/h3-7H,2H2,1H3. The van der Waals surface area contributed by atoms with Crippen molar-refractivity contribution < 1.29 is 4.74 Å². The van der Waals surface area contributed by atoms with Crippen molar-refractivity contribution in [3.05, 3.63) is 30.9 Å². The predicted molar refractivity (Wildman–Crippen MR) is 50.3 cm³/mol. The van der Waals surface area contributed by atoms with E-state index in [0.717, 1.165) is 0 Å². The molecule has 0 atom stereocenters. The van der Waals surface area contributed by atoms with Crippen molar-refractivity contribution in [2.75, 3.05) is 6.61 Å². The van der Waals surface area contributed by atoms with Crippen LogP contribution in [-0.4, -0.2) is 26.4 Å². The molecule has 5 nitrogen and oxygen atoms in total. The third kappa shape index (κ3) is 1.71. The monoisotopic (exact) mass is 190 g/mol. The second kappa shape index (κ2) is 3.87. The molecular formula is C9H10N4O. The lowest BCUT2D eigenvalue weighted by atomic mass is 10.6. The summed E-state index contributed by atoms with van der Waals surface area (Å²) in [5.74, 6) is 1.17. The fourth-order valence-electron chi connectivity index (χ4n) is 1.07. The first-order valence-corrected chi connectivity index (χ1v) is 4.35. The molecule has 2 rings (SSSR count). The smallest absolute Gasteiger partial charge is 0.234 e. The van der Waals surface area contributed by atoms with E-state index >= 15 is 0 Å². The largest absolute Gasteiger partial charge is 0.477 e. The van der Waals surface area contributed by atoms with Gasteiger partial charge >= 0.3 is 0 Å². The van der Waals surface area contributed by atoms with Gasteiger partial charge in [0.25, 0.3) is 0 Å². The number of rotatable bonds is 3. The summed E-state index contributed by atoms with van der Waals surface area (Å²) in [5, 5.41) is 4.05. The first-order valence-electron chi connectivity index (χ1n) is 4.35. The molecule has 2 aromatic heterocycles. The van der Waals surface area contributed by atoms with Gasteiger partial charge < -0.3 is 4.74 Å². The van der Waals surface area contributed by atoms with Crippen molar-refractivity contribution in [1.29, 1.82) is 0 Å². The Kier molecular flexibility index (Phi) is 2.40. The van der Waals surface area contributed by atoms with Gasteiger partial charge in [-0.25, -0.2) is 4.68 Å². The molecule has 0 spiro atoms. The number of hydrogen-bond acceptors (Lipinski definition) is 4. The highest BCUT2D eigenvalue weighted by Gasteiger charge is 2.00. The quantitative estimate of drug-likeness (QED) is 0.726. The molecule has 0 amide bonds. The van der Waals surface area contributed by atoms with E-state index in [1.807, 2.05) is 13.0 Å². The molecule has 0 aliphatic heterocycles. The second-order valence-corrected chi connectivity index (χ2v) is 2.60. The van der Waals surface area contributed by atoms with Crippen LogP contribution in [0.25, 0.3) is 5.82 Å². The molecule has 2 heterocycles. The van der Waals surface area contributed by atoms with Crippen molar-refractivity contribution in [2.45, 2.75) is 6.92 Å². The lowest BCUT2D eigenvalue weighted by Crippen LogP contribution is -2.02. The Morgan fingerprint density at radius 1 is 1.43 bits per heavy atom. The Morgan fingerprint density at radius 2 is 2.36 bits per heavy atom. The molecule has 72 valence electrons. The van der Waals surface area contributed by atoms with Gasteiger partial charge in [0.05, 0.1) is 19.0 Å². The van der Waals surface area contributed by atoms with Gasteiger partial charge in [0, 0.05) is 12.4 Å². The maximum absolute atomic E-state index is 5.23. The van der Waals surface area contributed by atoms with E-state index in [0.29, 0.717) is 18.3 Å². The van der Waals surface area contributed by atoms with E-state index < -0.39 is 0 Å². The molecule has 0 fully saturated rings. The van der Waals surface area contributed by atoms with Gasteiger partial charge in [-0.05, 0) is 13.0 Å². The lowest BCUT2D eigenvalue weighted by Gasteiger charge is -2.03. The third-order valence-electron chi connectivity index (χ3n) is 1.63. The van der Waals surface area contributed by atoms with Crippen molar-refractivity contribution in [1.82, 2.24) is 19.7 Å². The average Bonchev–Trinajstić information content (AvgIpc) is 2.71. The minimum absolute atomic E-state index is 0.514. The summed E-state index contributed by atoms with van der Waals surface area (Å²) in [6.07, 6.45) is 6.71. The van der Waals surface area contributed by atoms with Gasteiger partial charge in [-0.3, -0.25) is 4.98 Å². The van der Waals surface area contributed by atoms with Crippen LogP contribution >= 0.6 is 0 Å². The molecule has 0 N–H and O–H groups in total. The lowest BCUT2D eigenvalue weighted by molar-refractivity contribution is 0.324. The van der Waals surface area contributed by atoms with Gasteiger partial charge in [-0.15, -0.1) is 0 Å². The van der Waals surface area contributed by atoms with Crippen molar-refractivity contribution in [2.24, 2.45) is 0 Å². The first-order chi connectivity index (χ1) is 6.90. The molecule has 2 aromatic rings. The fourth-order valence-corrected chi connectivity index (χ4v) is 1.07. The van der Waals surface area contributed by atoms with Crippen molar-refractivity contribution in [3.63, 3.8) is 0 Å². The fraction of sp³-hybridized carbons (Fsp3) is 0.222. The van der Waals surface area contributed by atoms with Gasteiger partial charge in [-0.2, -0.15) is 10.1 Å². The summed E-state index contributed by atoms with van der Waals surface area (Å²) in [6, 6.07) is 1.83. The maximum Gasteiger partial charge on any atom is 0.234 e.